The SMILES string of the molecule is C/C=C/C1OC(=O)C=CC1OC(=O)c1ccc(-c2ccc(CC)cc2)cc1. The molecule has 0 saturated carbocycles. The number of cyclic esters (lactones) is 1. The molecule has 0 fully saturated rings. The van der Waals surface area contributed by atoms with Crippen LogP contribution in [0.4, 0.5) is 0 Å². The highest BCUT2D eigenvalue weighted by Crippen LogP contribution is 2.22. The summed E-state index contributed by atoms with van der Waals surface area (Å²) < 4.78 is 10.7. The quantitative estimate of drug-likeness (QED) is 0.580. The van der Waals surface area contributed by atoms with Crippen molar-refractivity contribution in [1.29, 1.82) is 0 Å². The zero-order chi connectivity index (χ0) is 19.2. The largest absolute Gasteiger partial charge is 0.451 e. The van der Waals surface area contributed by atoms with E-state index in [9.17, 15) is 9.59 Å². The molecule has 0 N–H and O–H groups in total. The van der Waals surface area contributed by atoms with Gasteiger partial charge in [0.15, 0.2) is 12.2 Å². The number of hydrogen-bond donors (Lipinski definition) is 0. The van der Waals surface area contributed by atoms with E-state index in [0.717, 1.165) is 17.5 Å². The normalized spacial score (nSPS) is 19.1. The maximum Gasteiger partial charge on any atom is 0.338 e. The molecule has 0 radical (unpaired) electrons. The number of allylic oxidation sites excluding steroid dienone is 1. The summed E-state index contributed by atoms with van der Waals surface area (Å²) in [5, 5.41) is 0. The topological polar surface area (TPSA) is 52.6 Å². The van der Waals surface area contributed by atoms with Crippen molar-refractivity contribution in [3.05, 3.63) is 84.0 Å². The summed E-state index contributed by atoms with van der Waals surface area (Å²) in [6.07, 6.45) is 6.06. The number of carbonyl (C=O) groups excluding carboxylic acids is 2. The van der Waals surface area contributed by atoms with Gasteiger partial charge in [0.1, 0.15) is 0 Å². The third-order valence-electron chi connectivity index (χ3n) is 4.44. The maximum atomic E-state index is 12.5. The Morgan fingerprint density at radius 1 is 1.07 bits per heavy atom. The summed E-state index contributed by atoms with van der Waals surface area (Å²) in [6.45, 7) is 3.94. The minimum Gasteiger partial charge on any atom is -0.451 e. The minimum atomic E-state index is -0.632. The molecular weight excluding hydrogens is 340 g/mol. The molecule has 0 aliphatic carbocycles. The van der Waals surface area contributed by atoms with E-state index >= 15 is 0 Å². The van der Waals surface area contributed by atoms with E-state index in [1.807, 2.05) is 19.1 Å². The Hall–Kier alpha value is -3.14. The highest BCUT2D eigenvalue weighted by Gasteiger charge is 2.28. The number of hydrogen-bond acceptors (Lipinski definition) is 4. The first kappa shape index (κ1) is 18.6. The molecule has 0 spiro atoms. The van der Waals surface area contributed by atoms with Gasteiger partial charge in [-0.2, -0.15) is 0 Å². The van der Waals surface area contributed by atoms with Gasteiger partial charge in [-0.05, 0) is 54.3 Å². The average Bonchev–Trinajstić information content (AvgIpc) is 2.70. The van der Waals surface area contributed by atoms with Gasteiger partial charge in [-0.3, -0.25) is 0 Å². The number of aryl methyl sites for hydroxylation is 1. The van der Waals surface area contributed by atoms with E-state index in [2.05, 4.69) is 31.2 Å². The summed E-state index contributed by atoms with van der Waals surface area (Å²) >= 11 is 0. The number of esters is 2. The Morgan fingerprint density at radius 2 is 1.70 bits per heavy atom. The first-order chi connectivity index (χ1) is 13.1. The molecule has 4 nitrogen and oxygen atoms in total. The molecule has 2 unspecified atom stereocenters. The van der Waals surface area contributed by atoms with Crippen molar-refractivity contribution in [2.24, 2.45) is 0 Å². The Morgan fingerprint density at radius 3 is 2.30 bits per heavy atom. The third-order valence-corrected chi connectivity index (χ3v) is 4.44. The van der Waals surface area contributed by atoms with Crippen molar-refractivity contribution in [3.8, 4) is 11.1 Å². The van der Waals surface area contributed by atoms with Crippen molar-refractivity contribution in [1.82, 2.24) is 0 Å². The molecule has 0 saturated heterocycles. The van der Waals surface area contributed by atoms with E-state index in [0.29, 0.717) is 5.56 Å². The van der Waals surface area contributed by atoms with Crippen molar-refractivity contribution in [2.75, 3.05) is 0 Å². The number of ether oxygens (including phenoxy) is 2. The van der Waals surface area contributed by atoms with Gasteiger partial charge in [0.25, 0.3) is 0 Å². The predicted molar refractivity (Wildman–Crippen MR) is 104 cm³/mol. The lowest BCUT2D eigenvalue weighted by Crippen LogP contribution is -2.35. The molecular formula is C23H22O4. The zero-order valence-electron chi connectivity index (χ0n) is 15.4. The standard InChI is InChI=1S/C23H22O4/c1-3-5-20-21(14-15-22(24)26-20)27-23(25)19-12-10-18(11-13-19)17-8-6-16(4-2)7-9-17/h3,5-15,20-21H,4H2,1-2H3/b5-3+. The second kappa shape index (κ2) is 8.49. The van der Waals surface area contributed by atoms with Gasteiger partial charge in [0, 0.05) is 6.08 Å². The van der Waals surface area contributed by atoms with Crippen molar-refractivity contribution in [2.45, 2.75) is 32.5 Å². The smallest absolute Gasteiger partial charge is 0.338 e. The molecule has 2 aromatic rings. The van der Waals surface area contributed by atoms with Crippen molar-refractivity contribution < 1.29 is 19.1 Å². The second-order valence-corrected chi connectivity index (χ2v) is 6.28. The van der Waals surface area contributed by atoms with Crippen LogP contribution in [0.15, 0.2) is 72.8 Å². The van der Waals surface area contributed by atoms with Crippen LogP contribution in [0.1, 0.15) is 29.8 Å². The van der Waals surface area contributed by atoms with Gasteiger partial charge >= 0.3 is 11.9 Å². The van der Waals surface area contributed by atoms with Gasteiger partial charge in [-0.15, -0.1) is 0 Å². The van der Waals surface area contributed by atoms with E-state index in [1.165, 1.54) is 11.6 Å². The zero-order valence-corrected chi connectivity index (χ0v) is 15.4. The van der Waals surface area contributed by atoms with E-state index in [1.54, 1.807) is 30.4 Å². The maximum absolute atomic E-state index is 12.5. The highest BCUT2D eigenvalue weighted by molar-refractivity contribution is 5.90. The molecule has 1 aliphatic heterocycles. The number of rotatable bonds is 5. The Kier molecular flexibility index (Phi) is 5.87. The summed E-state index contributed by atoms with van der Waals surface area (Å²) in [5.41, 5.74) is 3.87. The lowest BCUT2D eigenvalue weighted by molar-refractivity contribution is -0.146. The Balaban J connectivity index is 1.71. The van der Waals surface area contributed by atoms with Crippen LogP contribution in [-0.4, -0.2) is 24.1 Å². The molecule has 0 amide bonds. The lowest BCUT2D eigenvalue weighted by atomic mass is 10.0. The van der Waals surface area contributed by atoms with E-state index in [4.69, 9.17) is 9.47 Å². The second-order valence-electron chi connectivity index (χ2n) is 6.28. The van der Waals surface area contributed by atoms with Gasteiger partial charge in [0.2, 0.25) is 0 Å². The van der Waals surface area contributed by atoms with Crippen LogP contribution in [0.3, 0.4) is 0 Å². The summed E-state index contributed by atoms with van der Waals surface area (Å²) in [4.78, 5) is 23.8. The Labute approximate surface area is 159 Å². The molecule has 27 heavy (non-hydrogen) atoms. The Bertz CT molecular complexity index is 860. The number of benzene rings is 2. The van der Waals surface area contributed by atoms with Crippen LogP contribution in [0.5, 0.6) is 0 Å². The van der Waals surface area contributed by atoms with Crippen LogP contribution in [0.25, 0.3) is 11.1 Å². The minimum absolute atomic E-state index is 0.441. The van der Waals surface area contributed by atoms with Gasteiger partial charge < -0.3 is 9.47 Å². The fourth-order valence-electron chi connectivity index (χ4n) is 2.89. The van der Waals surface area contributed by atoms with Gasteiger partial charge in [-0.25, -0.2) is 9.59 Å². The van der Waals surface area contributed by atoms with Gasteiger partial charge in [-0.1, -0.05) is 49.4 Å². The molecule has 3 rings (SSSR count). The number of carbonyl (C=O) groups is 2. The van der Waals surface area contributed by atoms with Crippen LogP contribution in [0, 0.1) is 0 Å². The fraction of sp³-hybridized carbons (Fsp3) is 0.217. The van der Waals surface area contributed by atoms with Crippen LogP contribution >= 0.6 is 0 Å². The molecule has 4 heteroatoms. The third kappa shape index (κ3) is 4.53. The predicted octanol–water partition coefficient (Wildman–Crippen LogP) is 4.50. The molecule has 2 aromatic carbocycles. The van der Waals surface area contributed by atoms with Crippen molar-refractivity contribution >= 4 is 11.9 Å². The lowest BCUT2D eigenvalue weighted by Gasteiger charge is -2.24. The monoisotopic (exact) mass is 362 g/mol. The van der Waals surface area contributed by atoms with Crippen LogP contribution < -0.4 is 0 Å². The first-order valence-electron chi connectivity index (χ1n) is 9.02. The summed E-state index contributed by atoms with van der Waals surface area (Å²) in [7, 11) is 0. The average molecular weight is 362 g/mol. The first-order valence-corrected chi connectivity index (χ1v) is 9.02. The van der Waals surface area contributed by atoms with Crippen LogP contribution in [0.2, 0.25) is 0 Å². The summed E-state index contributed by atoms with van der Waals surface area (Å²) in [6, 6.07) is 15.7. The fourth-order valence-corrected chi connectivity index (χ4v) is 2.89. The van der Waals surface area contributed by atoms with E-state index < -0.39 is 24.1 Å². The summed E-state index contributed by atoms with van der Waals surface area (Å²) in [5.74, 6) is -0.895. The molecule has 1 aliphatic rings. The van der Waals surface area contributed by atoms with Crippen molar-refractivity contribution in [3.63, 3.8) is 0 Å². The van der Waals surface area contributed by atoms with E-state index in [-0.39, 0.29) is 0 Å². The molecule has 2 atom stereocenters. The molecule has 138 valence electrons. The molecule has 0 bridgehead atoms. The molecule has 0 aromatic heterocycles. The molecule has 1 heterocycles. The van der Waals surface area contributed by atoms with Gasteiger partial charge in [0.05, 0.1) is 5.56 Å². The highest BCUT2D eigenvalue weighted by atomic mass is 16.6. The van der Waals surface area contributed by atoms with Crippen LogP contribution in [-0.2, 0) is 20.7 Å².